The van der Waals surface area contributed by atoms with Gasteiger partial charge in [-0.3, -0.25) is 0 Å². The fourth-order valence-corrected chi connectivity index (χ4v) is 6.42. The predicted octanol–water partition coefficient (Wildman–Crippen LogP) is 12.9. The zero-order chi connectivity index (χ0) is 49.6. The molecule has 50 heavy (non-hydrogen) atoms. The van der Waals surface area contributed by atoms with E-state index in [1.807, 2.05) is 36.4 Å². The van der Waals surface area contributed by atoms with Crippen LogP contribution in [0.2, 0.25) is 0 Å². The average molecular weight is 656 g/mol. The maximum Gasteiger partial charge on any atom is 0.0645 e. The molecule has 0 spiro atoms. The lowest BCUT2D eigenvalue weighted by molar-refractivity contribution is 1.18. The highest BCUT2D eigenvalue weighted by molar-refractivity contribution is 6.12. The van der Waals surface area contributed by atoms with Crippen molar-refractivity contribution in [2.45, 2.75) is 0 Å². The van der Waals surface area contributed by atoms with E-state index in [2.05, 4.69) is 0 Å². The standard InChI is InChI=1S/C48H32N2/c1-3-12-33(13-4-1)35-22-26-39(27-23-35)49-45-20-9-7-18-41(45)43-31-37(24-28-47(43)49)38-25-29-48-44(32-38)42-19-8-10-21-46(42)50(48)40-17-11-16-36(30-40)34-14-5-2-6-15-34/h1-32H/i1D,3D,4D,7D,8D,9D,10D,12D,13D,18D,19D,20D,21D,24D,25D,28D,29D,31D,32D. The van der Waals surface area contributed by atoms with Crippen molar-refractivity contribution in [2.75, 3.05) is 0 Å². The van der Waals surface area contributed by atoms with Crippen LogP contribution in [0, 0.1) is 0 Å². The summed E-state index contributed by atoms with van der Waals surface area (Å²) in [5.74, 6) is 0. The number of hydrogen-bond acceptors (Lipinski definition) is 0. The largest absolute Gasteiger partial charge is 0.309 e. The minimum absolute atomic E-state index is 0.0924. The molecule has 8 aromatic carbocycles. The normalized spacial score (nSPS) is 16.9. The molecule has 0 radical (unpaired) electrons. The fraction of sp³-hybridized carbons (Fsp3) is 0. The highest BCUT2D eigenvalue weighted by atomic mass is 15.0. The third-order valence-electron chi connectivity index (χ3n) is 8.69. The van der Waals surface area contributed by atoms with Gasteiger partial charge in [0.2, 0.25) is 0 Å². The Balaban J connectivity index is 1.30. The number of hydrogen-bond donors (Lipinski definition) is 0. The molecule has 0 aliphatic rings. The van der Waals surface area contributed by atoms with E-state index in [1.54, 1.807) is 18.2 Å². The lowest BCUT2D eigenvalue weighted by Crippen LogP contribution is -1.94. The molecule has 0 atom stereocenters. The molecule has 0 aliphatic carbocycles. The Bertz CT molecular complexity index is 3910. The summed E-state index contributed by atoms with van der Waals surface area (Å²) in [5.41, 5.74) is 0.506. The monoisotopic (exact) mass is 655 g/mol. The van der Waals surface area contributed by atoms with E-state index >= 15 is 0 Å². The topological polar surface area (TPSA) is 9.86 Å². The van der Waals surface area contributed by atoms with E-state index in [4.69, 9.17) is 17.8 Å². The van der Waals surface area contributed by atoms with Crippen LogP contribution in [-0.4, -0.2) is 9.13 Å². The summed E-state index contributed by atoms with van der Waals surface area (Å²) in [7, 11) is 0. The molecule has 2 heteroatoms. The lowest BCUT2D eigenvalue weighted by atomic mass is 10.0. The van der Waals surface area contributed by atoms with Gasteiger partial charge in [0.1, 0.15) is 0 Å². The Labute approximate surface area is 317 Å². The van der Waals surface area contributed by atoms with E-state index in [0.717, 1.165) is 11.1 Å². The minimum atomic E-state index is -0.718. The van der Waals surface area contributed by atoms with Gasteiger partial charge in [0, 0.05) is 32.9 Å². The highest BCUT2D eigenvalue weighted by Gasteiger charge is 2.16. The van der Waals surface area contributed by atoms with Gasteiger partial charge in [0.15, 0.2) is 0 Å². The van der Waals surface area contributed by atoms with Crippen molar-refractivity contribution in [3.05, 3.63) is 194 Å². The molecule has 2 heterocycles. The second-order valence-electron chi connectivity index (χ2n) is 11.5. The van der Waals surface area contributed by atoms with E-state index in [0.29, 0.717) is 5.69 Å². The zero-order valence-corrected chi connectivity index (χ0v) is 25.9. The smallest absolute Gasteiger partial charge is 0.0645 e. The van der Waals surface area contributed by atoms with Crippen LogP contribution < -0.4 is 0 Å². The maximum absolute atomic E-state index is 9.83. The number of aromatic nitrogens is 2. The molecule has 10 rings (SSSR count). The molecule has 0 unspecified atom stereocenters. The van der Waals surface area contributed by atoms with Crippen LogP contribution >= 0.6 is 0 Å². The van der Waals surface area contributed by atoms with Gasteiger partial charge < -0.3 is 9.13 Å². The van der Waals surface area contributed by atoms with Crippen LogP contribution in [0.1, 0.15) is 26.0 Å². The van der Waals surface area contributed by atoms with Crippen molar-refractivity contribution in [1.82, 2.24) is 9.13 Å². The molecule has 0 saturated carbocycles. The van der Waals surface area contributed by atoms with Gasteiger partial charge in [-0.2, -0.15) is 0 Å². The fourth-order valence-electron chi connectivity index (χ4n) is 6.42. The summed E-state index contributed by atoms with van der Waals surface area (Å²) in [6, 6.07) is 10.8. The molecule has 2 aromatic heterocycles. The van der Waals surface area contributed by atoms with Crippen molar-refractivity contribution in [3.8, 4) is 44.8 Å². The summed E-state index contributed by atoms with van der Waals surface area (Å²) in [4.78, 5) is 0. The van der Waals surface area contributed by atoms with Gasteiger partial charge in [0.05, 0.1) is 48.1 Å². The van der Waals surface area contributed by atoms with Gasteiger partial charge in [-0.05, 0) is 93.9 Å². The quantitative estimate of drug-likeness (QED) is 0.175. The maximum atomic E-state index is 9.83. The summed E-state index contributed by atoms with van der Waals surface area (Å²) in [5, 5.41) is -0.842. The third kappa shape index (κ3) is 4.57. The Morgan fingerprint density at radius 2 is 0.840 bits per heavy atom. The SMILES string of the molecule is [2H]c1c([2H])c([2H])c(-c2ccc(-n3c4c([2H])c([2H])c([2H])c([2H])c4c4c([2H])c(-c5c([2H])c([2H])c6c(c5[2H])c5c([2H])c([2H])c([2H])c([2H])c5n6-c5cccc(-c6ccccc6)c5)c([2H])c([2H])c43)cc2)c([2H])c1[2H]. The van der Waals surface area contributed by atoms with Gasteiger partial charge in [0.25, 0.3) is 0 Å². The van der Waals surface area contributed by atoms with E-state index in [-0.39, 0.29) is 60.4 Å². The number of nitrogens with zero attached hydrogens (tertiary/aromatic N) is 2. The summed E-state index contributed by atoms with van der Waals surface area (Å²) in [6.45, 7) is 0. The van der Waals surface area contributed by atoms with Gasteiger partial charge in [-0.15, -0.1) is 0 Å². The van der Waals surface area contributed by atoms with Crippen LogP contribution in [0.4, 0.5) is 0 Å². The van der Waals surface area contributed by atoms with Crippen LogP contribution in [0.15, 0.2) is 194 Å². The minimum Gasteiger partial charge on any atom is -0.309 e. The van der Waals surface area contributed by atoms with E-state index < -0.39 is 126 Å². The molecule has 2 nitrogen and oxygen atoms in total. The zero-order valence-electron chi connectivity index (χ0n) is 44.9. The van der Waals surface area contributed by atoms with E-state index in [9.17, 15) is 8.22 Å². The van der Waals surface area contributed by atoms with Crippen molar-refractivity contribution in [3.63, 3.8) is 0 Å². The summed E-state index contributed by atoms with van der Waals surface area (Å²) < 4.78 is 173. The molecule has 0 bridgehead atoms. The average Bonchev–Trinajstić information content (AvgIpc) is 3.91. The Kier molecular flexibility index (Phi) is 3.52. The summed E-state index contributed by atoms with van der Waals surface area (Å²) in [6.07, 6.45) is 0. The molecule has 0 aliphatic heterocycles. The van der Waals surface area contributed by atoms with Gasteiger partial charge in [-0.25, -0.2) is 0 Å². The van der Waals surface area contributed by atoms with Gasteiger partial charge in [-0.1, -0.05) is 133 Å². The van der Waals surface area contributed by atoms with Gasteiger partial charge >= 0.3 is 0 Å². The first kappa shape index (κ1) is 15.3. The van der Waals surface area contributed by atoms with Crippen molar-refractivity contribution < 1.29 is 26.0 Å². The Hall–Kier alpha value is -6.64. The van der Waals surface area contributed by atoms with Crippen LogP contribution in [-0.2, 0) is 0 Å². The van der Waals surface area contributed by atoms with Crippen molar-refractivity contribution >= 4 is 43.6 Å². The number of para-hydroxylation sites is 2. The first-order valence-corrected chi connectivity index (χ1v) is 15.6. The first-order chi connectivity index (χ1) is 32.7. The molecule has 0 N–H and O–H groups in total. The second-order valence-corrected chi connectivity index (χ2v) is 11.5. The van der Waals surface area contributed by atoms with Crippen molar-refractivity contribution in [1.29, 1.82) is 0 Å². The molecule has 0 amide bonds. The molecule has 234 valence electrons. The second kappa shape index (κ2) is 11.5. The molecule has 0 saturated heterocycles. The molecule has 10 aromatic rings. The summed E-state index contributed by atoms with van der Waals surface area (Å²) >= 11 is 0. The van der Waals surface area contributed by atoms with Crippen LogP contribution in [0.25, 0.3) is 88.4 Å². The molecular weight excluding hydrogens is 605 g/mol. The number of benzene rings is 8. The van der Waals surface area contributed by atoms with Crippen LogP contribution in [0.5, 0.6) is 0 Å². The highest BCUT2D eigenvalue weighted by Crippen LogP contribution is 2.39. The predicted molar refractivity (Wildman–Crippen MR) is 211 cm³/mol. The molecular formula is C48H32N2. The first-order valence-electron chi connectivity index (χ1n) is 25.1. The van der Waals surface area contributed by atoms with E-state index in [1.165, 1.54) is 33.4 Å². The molecule has 0 fully saturated rings. The number of rotatable bonds is 5. The Morgan fingerprint density at radius 3 is 1.48 bits per heavy atom. The van der Waals surface area contributed by atoms with Crippen molar-refractivity contribution in [2.24, 2.45) is 0 Å². The number of fused-ring (bicyclic) bond motifs is 6. The van der Waals surface area contributed by atoms with Crippen LogP contribution in [0.3, 0.4) is 0 Å². The Morgan fingerprint density at radius 1 is 0.320 bits per heavy atom. The lowest BCUT2D eigenvalue weighted by Gasteiger charge is -2.11. The third-order valence-corrected chi connectivity index (χ3v) is 8.69.